The zero-order valence-electron chi connectivity index (χ0n) is 10.6. The molecule has 1 aromatic heterocycles. The van der Waals surface area contributed by atoms with Crippen LogP contribution in [0, 0.1) is 0 Å². The second-order valence-corrected chi connectivity index (χ2v) is 6.23. The summed E-state index contributed by atoms with van der Waals surface area (Å²) in [6, 6.07) is 1.95. The summed E-state index contributed by atoms with van der Waals surface area (Å²) in [4.78, 5) is 12.2. The fourth-order valence-electron chi connectivity index (χ4n) is 1.40. The lowest BCUT2D eigenvalue weighted by atomic mass is 10.3. The van der Waals surface area contributed by atoms with Gasteiger partial charge in [-0.3, -0.25) is 4.79 Å². The maximum Gasteiger partial charge on any atom is 0.221 e. The largest absolute Gasteiger partial charge is 0.325 e. The second-order valence-electron chi connectivity index (χ2n) is 3.95. The van der Waals surface area contributed by atoms with E-state index < -0.39 is 0 Å². The lowest BCUT2D eigenvalue weighted by Crippen LogP contribution is -2.18. The molecule has 3 nitrogen and oxygen atoms in total. The number of amides is 1. The Labute approximate surface area is 111 Å². The summed E-state index contributed by atoms with van der Waals surface area (Å²) in [5.41, 5.74) is 0.938. The number of rotatable bonds is 7. The first kappa shape index (κ1) is 14.5. The molecule has 0 radical (unpaired) electrons. The van der Waals surface area contributed by atoms with Gasteiger partial charge in [-0.2, -0.15) is 11.8 Å². The predicted octanol–water partition coefficient (Wildman–Crippen LogP) is 2.94. The Hall–Kier alpha value is -0.520. The fraction of sp³-hybridized carbons (Fsp3) is 0.583. The molecule has 0 spiro atoms. The van der Waals surface area contributed by atoms with Crippen LogP contribution in [0.25, 0.3) is 0 Å². The van der Waals surface area contributed by atoms with Gasteiger partial charge in [-0.1, -0.05) is 6.92 Å². The summed E-state index contributed by atoms with van der Waals surface area (Å²) in [5.74, 6) is -0.0133. The summed E-state index contributed by atoms with van der Waals surface area (Å²) in [6.07, 6.45) is 3.31. The van der Waals surface area contributed by atoms with Crippen LogP contribution in [0.4, 0.5) is 5.69 Å². The van der Waals surface area contributed by atoms with E-state index in [0.29, 0.717) is 5.25 Å². The molecule has 2 N–H and O–H groups in total. The van der Waals surface area contributed by atoms with E-state index in [-0.39, 0.29) is 5.91 Å². The van der Waals surface area contributed by atoms with E-state index in [2.05, 4.69) is 23.8 Å². The molecule has 1 aromatic rings. The van der Waals surface area contributed by atoms with Gasteiger partial charge in [0.15, 0.2) is 0 Å². The van der Waals surface area contributed by atoms with Crippen molar-refractivity contribution in [1.82, 2.24) is 5.32 Å². The van der Waals surface area contributed by atoms with Crippen molar-refractivity contribution >= 4 is 34.7 Å². The molecule has 5 heteroatoms. The molecule has 0 aliphatic rings. The topological polar surface area (TPSA) is 41.1 Å². The average molecular weight is 272 g/mol. The molecule has 0 saturated heterocycles. The highest BCUT2D eigenvalue weighted by molar-refractivity contribution is 7.99. The SMILES string of the molecule is CSC(C)CCNCc1sccc1NC(C)=O. The molecule has 17 heavy (non-hydrogen) atoms. The van der Waals surface area contributed by atoms with Crippen LogP contribution >= 0.6 is 23.1 Å². The average Bonchev–Trinajstić information content (AvgIpc) is 2.70. The summed E-state index contributed by atoms with van der Waals surface area (Å²) in [6.45, 7) is 5.61. The van der Waals surface area contributed by atoms with E-state index in [9.17, 15) is 4.79 Å². The van der Waals surface area contributed by atoms with Gasteiger partial charge < -0.3 is 10.6 Å². The molecule has 1 amide bonds. The first-order valence-corrected chi connectivity index (χ1v) is 7.87. The third-order valence-electron chi connectivity index (χ3n) is 2.47. The molecule has 1 heterocycles. The van der Waals surface area contributed by atoms with Crippen molar-refractivity contribution < 1.29 is 4.79 Å². The Balaban J connectivity index is 2.31. The minimum Gasteiger partial charge on any atom is -0.325 e. The number of thioether (sulfide) groups is 1. The van der Waals surface area contributed by atoms with E-state index in [0.717, 1.165) is 18.8 Å². The smallest absolute Gasteiger partial charge is 0.221 e. The third kappa shape index (κ3) is 5.57. The van der Waals surface area contributed by atoms with Gasteiger partial charge in [0.2, 0.25) is 5.91 Å². The van der Waals surface area contributed by atoms with Crippen molar-refractivity contribution in [2.45, 2.75) is 32.1 Å². The molecule has 0 aliphatic carbocycles. The van der Waals surface area contributed by atoms with Crippen LogP contribution in [0.15, 0.2) is 11.4 Å². The Morgan fingerprint density at radius 2 is 2.35 bits per heavy atom. The summed E-state index contributed by atoms with van der Waals surface area (Å²) >= 11 is 3.56. The number of hydrogen-bond donors (Lipinski definition) is 2. The molecule has 96 valence electrons. The van der Waals surface area contributed by atoms with Crippen LogP contribution in [0.1, 0.15) is 25.1 Å². The molecular formula is C12H20N2OS2. The number of nitrogens with one attached hydrogen (secondary N) is 2. The highest BCUT2D eigenvalue weighted by atomic mass is 32.2. The van der Waals surface area contributed by atoms with Crippen LogP contribution in [0.5, 0.6) is 0 Å². The van der Waals surface area contributed by atoms with Crippen molar-refractivity contribution in [1.29, 1.82) is 0 Å². The normalized spacial score (nSPS) is 12.4. The van der Waals surface area contributed by atoms with Gasteiger partial charge in [-0.25, -0.2) is 0 Å². The summed E-state index contributed by atoms with van der Waals surface area (Å²) in [5, 5.41) is 8.96. The van der Waals surface area contributed by atoms with Crippen LogP contribution < -0.4 is 10.6 Å². The van der Waals surface area contributed by atoms with E-state index in [1.807, 2.05) is 23.2 Å². The van der Waals surface area contributed by atoms with Gasteiger partial charge >= 0.3 is 0 Å². The lowest BCUT2D eigenvalue weighted by molar-refractivity contribution is -0.114. The number of thiophene rings is 1. The van der Waals surface area contributed by atoms with Crippen LogP contribution in [-0.4, -0.2) is 24.0 Å². The Morgan fingerprint density at radius 1 is 1.59 bits per heavy atom. The van der Waals surface area contributed by atoms with Gasteiger partial charge in [-0.15, -0.1) is 11.3 Å². The quantitative estimate of drug-likeness (QED) is 0.750. The zero-order valence-corrected chi connectivity index (χ0v) is 12.2. The predicted molar refractivity (Wildman–Crippen MR) is 77.9 cm³/mol. The van der Waals surface area contributed by atoms with Crippen molar-refractivity contribution in [2.75, 3.05) is 18.1 Å². The Kier molecular flexibility index (Phi) is 6.62. The van der Waals surface area contributed by atoms with E-state index in [1.165, 1.54) is 18.2 Å². The minimum absolute atomic E-state index is 0.0133. The monoisotopic (exact) mass is 272 g/mol. The molecule has 0 aliphatic heterocycles. The minimum atomic E-state index is -0.0133. The first-order chi connectivity index (χ1) is 8.13. The van der Waals surface area contributed by atoms with Gasteiger partial charge in [-0.05, 0) is 30.7 Å². The number of carbonyl (C=O) groups is 1. The molecule has 0 saturated carbocycles. The molecule has 1 unspecified atom stereocenters. The molecule has 0 aromatic carbocycles. The van der Waals surface area contributed by atoms with E-state index >= 15 is 0 Å². The zero-order chi connectivity index (χ0) is 12.7. The summed E-state index contributed by atoms with van der Waals surface area (Å²) < 4.78 is 0. The highest BCUT2D eigenvalue weighted by Gasteiger charge is 2.05. The number of carbonyl (C=O) groups excluding carboxylic acids is 1. The number of hydrogen-bond acceptors (Lipinski definition) is 4. The maximum absolute atomic E-state index is 11.0. The van der Waals surface area contributed by atoms with E-state index in [4.69, 9.17) is 0 Å². The molecule has 0 fully saturated rings. The maximum atomic E-state index is 11.0. The van der Waals surface area contributed by atoms with Crippen molar-refractivity contribution in [3.63, 3.8) is 0 Å². The molecule has 1 rings (SSSR count). The molecular weight excluding hydrogens is 252 g/mol. The standard InChI is InChI=1S/C12H20N2OS2/c1-9(16-3)4-6-13-8-12-11(5-7-17-12)14-10(2)15/h5,7,9,13H,4,6,8H2,1-3H3,(H,14,15). The van der Waals surface area contributed by atoms with Gasteiger partial charge in [0, 0.05) is 23.6 Å². The lowest BCUT2D eigenvalue weighted by Gasteiger charge is -2.09. The van der Waals surface area contributed by atoms with Gasteiger partial charge in [0.1, 0.15) is 0 Å². The van der Waals surface area contributed by atoms with Crippen molar-refractivity contribution in [2.24, 2.45) is 0 Å². The molecule has 1 atom stereocenters. The van der Waals surface area contributed by atoms with Gasteiger partial charge in [0.25, 0.3) is 0 Å². The van der Waals surface area contributed by atoms with E-state index in [1.54, 1.807) is 11.3 Å². The van der Waals surface area contributed by atoms with Crippen LogP contribution in [0.3, 0.4) is 0 Å². The van der Waals surface area contributed by atoms with Crippen LogP contribution in [0.2, 0.25) is 0 Å². The Morgan fingerprint density at radius 3 is 3.00 bits per heavy atom. The second kappa shape index (κ2) is 7.74. The van der Waals surface area contributed by atoms with Crippen molar-refractivity contribution in [3.8, 4) is 0 Å². The fourth-order valence-corrected chi connectivity index (χ4v) is 2.56. The number of anilines is 1. The van der Waals surface area contributed by atoms with Crippen LogP contribution in [-0.2, 0) is 11.3 Å². The summed E-state index contributed by atoms with van der Waals surface area (Å²) in [7, 11) is 0. The Bertz CT molecular complexity index is 352. The third-order valence-corrected chi connectivity index (χ3v) is 4.43. The van der Waals surface area contributed by atoms with Crippen molar-refractivity contribution in [3.05, 3.63) is 16.3 Å². The highest BCUT2D eigenvalue weighted by Crippen LogP contribution is 2.22. The van der Waals surface area contributed by atoms with Gasteiger partial charge in [0.05, 0.1) is 5.69 Å². The molecule has 0 bridgehead atoms. The first-order valence-electron chi connectivity index (χ1n) is 5.71.